The van der Waals surface area contributed by atoms with Crippen LogP contribution in [0, 0.1) is 0 Å². The molecular weight excluding hydrogens is 332 g/mol. The summed E-state index contributed by atoms with van der Waals surface area (Å²) < 4.78 is 5.25. The Morgan fingerprint density at radius 1 is 1.12 bits per heavy atom. The van der Waals surface area contributed by atoms with E-state index in [0.717, 1.165) is 18.7 Å². The maximum Gasteiger partial charge on any atom is 0.259 e. The van der Waals surface area contributed by atoms with Gasteiger partial charge in [0.2, 0.25) is 0 Å². The van der Waals surface area contributed by atoms with Crippen molar-refractivity contribution in [2.45, 2.75) is 6.42 Å². The Morgan fingerprint density at radius 2 is 1.84 bits per heavy atom. The Labute approximate surface area is 153 Å². The first-order chi connectivity index (χ1) is 12.3. The van der Waals surface area contributed by atoms with Crippen LogP contribution in [0.15, 0.2) is 48.5 Å². The first kappa shape index (κ1) is 17.8. The predicted octanol–water partition coefficient (Wildman–Crippen LogP) is 3.54. The Hall–Kier alpha value is -1.98. The first-order valence-corrected chi connectivity index (χ1v) is 9.75. The lowest BCUT2D eigenvalue weighted by molar-refractivity contribution is 0.102. The molecule has 2 aromatic carbocycles. The molecule has 1 saturated heterocycles. The van der Waals surface area contributed by atoms with E-state index in [-0.39, 0.29) is 5.91 Å². The Balaban J connectivity index is 1.55. The third kappa shape index (κ3) is 5.00. The molecule has 0 atom stereocenters. The van der Waals surface area contributed by atoms with Crippen molar-refractivity contribution in [2.24, 2.45) is 0 Å². The van der Waals surface area contributed by atoms with Crippen molar-refractivity contribution in [1.29, 1.82) is 0 Å². The topological polar surface area (TPSA) is 41.6 Å². The van der Waals surface area contributed by atoms with Gasteiger partial charge in [0, 0.05) is 36.8 Å². The van der Waals surface area contributed by atoms with Crippen molar-refractivity contribution in [3.05, 3.63) is 59.7 Å². The van der Waals surface area contributed by atoms with Crippen molar-refractivity contribution in [3.63, 3.8) is 0 Å². The van der Waals surface area contributed by atoms with E-state index in [0.29, 0.717) is 11.3 Å². The van der Waals surface area contributed by atoms with E-state index in [9.17, 15) is 4.79 Å². The van der Waals surface area contributed by atoms with Gasteiger partial charge in [-0.25, -0.2) is 0 Å². The van der Waals surface area contributed by atoms with Gasteiger partial charge in [-0.2, -0.15) is 11.8 Å². The zero-order valence-electron chi connectivity index (χ0n) is 14.5. The second-order valence-electron chi connectivity index (χ2n) is 6.06. The molecule has 1 amide bonds. The summed E-state index contributed by atoms with van der Waals surface area (Å²) in [5, 5.41) is 2.93. The normalized spacial score (nSPS) is 14.9. The highest BCUT2D eigenvalue weighted by atomic mass is 32.2. The molecule has 1 fully saturated rings. The van der Waals surface area contributed by atoms with Crippen LogP contribution in [0.5, 0.6) is 5.75 Å². The molecule has 3 rings (SSSR count). The van der Waals surface area contributed by atoms with Gasteiger partial charge in [0.25, 0.3) is 5.91 Å². The summed E-state index contributed by atoms with van der Waals surface area (Å²) in [4.78, 5) is 14.9. The van der Waals surface area contributed by atoms with E-state index in [1.54, 1.807) is 19.2 Å². The highest BCUT2D eigenvalue weighted by Gasteiger charge is 2.12. The van der Waals surface area contributed by atoms with Gasteiger partial charge in [0.1, 0.15) is 5.75 Å². The van der Waals surface area contributed by atoms with Crippen LogP contribution in [-0.4, -0.2) is 49.1 Å². The second kappa shape index (κ2) is 8.92. The molecule has 1 aliphatic heterocycles. The van der Waals surface area contributed by atoms with Gasteiger partial charge in [-0.1, -0.05) is 24.3 Å². The number of para-hydroxylation sites is 1. The molecule has 0 saturated carbocycles. The number of rotatable bonds is 6. The van der Waals surface area contributed by atoms with Crippen molar-refractivity contribution >= 4 is 23.4 Å². The van der Waals surface area contributed by atoms with Gasteiger partial charge in [-0.3, -0.25) is 4.79 Å². The van der Waals surface area contributed by atoms with Crippen LogP contribution in [0.2, 0.25) is 0 Å². The zero-order chi connectivity index (χ0) is 17.5. The van der Waals surface area contributed by atoms with Gasteiger partial charge in [0.05, 0.1) is 12.7 Å². The number of nitrogens with zero attached hydrogens (tertiary/aromatic N) is 1. The number of carbonyl (C=O) groups excluding carboxylic acids is 1. The molecule has 1 heterocycles. The molecular formula is C20H24N2O2S. The third-order valence-electron chi connectivity index (χ3n) is 4.38. The Kier molecular flexibility index (Phi) is 6.36. The van der Waals surface area contributed by atoms with Crippen LogP contribution >= 0.6 is 11.8 Å². The quantitative estimate of drug-likeness (QED) is 0.860. The minimum atomic E-state index is -0.156. The third-order valence-corrected chi connectivity index (χ3v) is 5.33. The summed E-state index contributed by atoms with van der Waals surface area (Å²) in [6.45, 7) is 3.49. The molecule has 25 heavy (non-hydrogen) atoms. The highest BCUT2D eigenvalue weighted by Crippen LogP contribution is 2.19. The Bertz CT molecular complexity index is 697. The van der Waals surface area contributed by atoms with Gasteiger partial charge in [0.15, 0.2) is 0 Å². The number of carbonyl (C=O) groups is 1. The fraction of sp³-hybridized carbons (Fsp3) is 0.350. The predicted molar refractivity (Wildman–Crippen MR) is 105 cm³/mol. The SMILES string of the molecule is COc1ccccc1C(=O)Nc1ccc(CCN2CCSCC2)cc1. The van der Waals surface area contributed by atoms with Crippen LogP contribution < -0.4 is 10.1 Å². The molecule has 4 nitrogen and oxygen atoms in total. The highest BCUT2D eigenvalue weighted by molar-refractivity contribution is 7.99. The van der Waals surface area contributed by atoms with Crippen LogP contribution in [0.4, 0.5) is 5.69 Å². The van der Waals surface area contributed by atoms with Gasteiger partial charge in [-0.05, 0) is 36.2 Å². The first-order valence-electron chi connectivity index (χ1n) is 8.59. The number of amides is 1. The van der Waals surface area contributed by atoms with E-state index in [4.69, 9.17) is 4.74 Å². The monoisotopic (exact) mass is 356 g/mol. The fourth-order valence-electron chi connectivity index (χ4n) is 2.90. The number of methoxy groups -OCH3 is 1. The number of hydrogen-bond donors (Lipinski definition) is 1. The van der Waals surface area contributed by atoms with Crippen LogP contribution in [0.25, 0.3) is 0 Å². The lowest BCUT2D eigenvalue weighted by Gasteiger charge is -2.26. The average Bonchev–Trinajstić information content (AvgIpc) is 2.68. The molecule has 0 aliphatic carbocycles. The maximum atomic E-state index is 12.4. The number of thioether (sulfide) groups is 1. The van der Waals surface area contributed by atoms with E-state index in [2.05, 4.69) is 22.3 Å². The zero-order valence-corrected chi connectivity index (χ0v) is 15.3. The number of benzene rings is 2. The van der Waals surface area contributed by atoms with Gasteiger partial charge in [-0.15, -0.1) is 0 Å². The molecule has 0 radical (unpaired) electrons. The summed E-state index contributed by atoms with van der Waals surface area (Å²) >= 11 is 2.04. The van der Waals surface area contributed by atoms with E-state index in [1.807, 2.05) is 36.0 Å². The van der Waals surface area contributed by atoms with Crippen LogP contribution in [-0.2, 0) is 6.42 Å². The molecule has 1 aliphatic rings. The summed E-state index contributed by atoms with van der Waals surface area (Å²) in [5.41, 5.74) is 2.64. The fourth-order valence-corrected chi connectivity index (χ4v) is 3.88. The number of nitrogens with one attached hydrogen (secondary N) is 1. The largest absolute Gasteiger partial charge is 0.496 e. The summed E-state index contributed by atoms with van der Waals surface area (Å²) in [7, 11) is 1.57. The maximum absolute atomic E-state index is 12.4. The summed E-state index contributed by atoms with van der Waals surface area (Å²) in [5.74, 6) is 2.91. The van der Waals surface area contributed by atoms with Crippen LogP contribution in [0.3, 0.4) is 0 Å². The van der Waals surface area contributed by atoms with Crippen molar-refractivity contribution < 1.29 is 9.53 Å². The van der Waals surface area contributed by atoms with E-state index < -0.39 is 0 Å². The molecule has 5 heteroatoms. The molecule has 1 N–H and O–H groups in total. The molecule has 2 aromatic rings. The minimum absolute atomic E-state index is 0.156. The van der Waals surface area contributed by atoms with Crippen LogP contribution in [0.1, 0.15) is 15.9 Å². The minimum Gasteiger partial charge on any atom is -0.496 e. The smallest absolute Gasteiger partial charge is 0.259 e. The molecule has 132 valence electrons. The lowest BCUT2D eigenvalue weighted by atomic mass is 10.1. The molecule has 0 aromatic heterocycles. The standard InChI is InChI=1S/C20H24N2O2S/c1-24-19-5-3-2-4-18(19)20(23)21-17-8-6-16(7-9-17)10-11-22-12-14-25-15-13-22/h2-9H,10-15H2,1H3,(H,21,23). The Morgan fingerprint density at radius 3 is 2.56 bits per heavy atom. The molecule has 0 unspecified atom stereocenters. The number of ether oxygens (including phenoxy) is 1. The van der Waals surface area contributed by atoms with E-state index in [1.165, 1.54) is 30.2 Å². The van der Waals surface area contributed by atoms with Gasteiger partial charge < -0.3 is 15.0 Å². The van der Waals surface area contributed by atoms with Gasteiger partial charge >= 0.3 is 0 Å². The molecule has 0 bridgehead atoms. The number of anilines is 1. The lowest BCUT2D eigenvalue weighted by Crippen LogP contribution is -2.34. The second-order valence-corrected chi connectivity index (χ2v) is 7.28. The summed E-state index contributed by atoms with van der Waals surface area (Å²) in [6, 6.07) is 15.4. The number of hydrogen-bond acceptors (Lipinski definition) is 4. The summed E-state index contributed by atoms with van der Waals surface area (Å²) in [6.07, 6.45) is 1.05. The molecule has 0 spiro atoms. The average molecular weight is 356 g/mol. The van der Waals surface area contributed by atoms with Crippen molar-refractivity contribution in [2.75, 3.05) is 43.6 Å². The van der Waals surface area contributed by atoms with Crippen molar-refractivity contribution in [1.82, 2.24) is 4.90 Å². The van der Waals surface area contributed by atoms with E-state index >= 15 is 0 Å². The van der Waals surface area contributed by atoms with Crippen molar-refractivity contribution in [3.8, 4) is 5.75 Å².